The van der Waals surface area contributed by atoms with E-state index in [4.69, 9.17) is 0 Å². The first-order chi connectivity index (χ1) is 8.84. The van der Waals surface area contributed by atoms with E-state index >= 15 is 0 Å². The summed E-state index contributed by atoms with van der Waals surface area (Å²) in [5, 5.41) is 2.79. The van der Waals surface area contributed by atoms with Crippen molar-refractivity contribution in [3.63, 3.8) is 0 Å². The van der Waals surface area contributed by atoms with E-state index in [-0.39, 0.29) is 18.2 Å². The second-order valence-electron chi connectivity index (χ2n) is 5.51. The first kappa shape index (κ1) is 14.3. The summed E-state index contributed by atoms with van der Waals surface area (Å²) in [6.45, 7) is -0.0503. The summed E-state index contributed by atoms with van der Waals surface area (Å²) in [6.07, 6.45) is 6.42. The largest absolute Gasteiger partial charge is 0.325 e. The molecule has 0 atom stereocenters. The molecule has 1 spiro atoms. The maximum absolute atomic E-state index is 12.4. The molecule has 2 rings (SSSR count). The third kappa shape index (κ3) is 3.08. The highest BCUT2D eigenvalue weighted by molar-refractivity contribution is 7.90. The van der Waals surface area contributed by atoms with Crippen LogP contribution in [-0.2, 0) is 14.6 Å². The second-order valence-corrected chi connectivity index (χ2v) is 7.77. The van der Waals surface area contributed by atoms with Crippen LogP contribution in [0.15, 0.2) is 0 Å². The van der Waals surface area contributed by atoms with E-state index < -0.39 is 21.4 Å². The fraction of sp³-hybridized carbons (Fsp3) is 0.833. The van der Waals surface area contributed by atoms with E-state index in [2.05, 4.69) is 5.32 Å². The summed E-state index contributed by atoms with van der Waals surface area (Å²) in [5.74, 6) is -0.426. The Morgan fingerprint density at radius 3 is 2.26 bits per heavy atom. The predicted molar refractivity (Wildman–Crippen MR) is 70.4 cm³/mol. The number of carbonyl (C=O) groups is 2. The minimum absolute atomic E-state index is 0.0503. The summed E-state index contributed by atoms with van der Waals surface area (Å²) in [6, 6.07) is -0.449. The van der Waals surface area contributed by atoms with Gasteiger partial charge in [-0.2, -0.15) is 0 Å². The molecule has 0 unspecified atom stereocenters. The molecule has 7 heteroatoms. The molecular weight excluding hydrogens is 268 g/mol. The molecule has 6 nitrogen and oxygen atoms in total. The van der Waals surface area contributed by atoms with Gasteiger partial charge in [-0.15, -0.1) is 0 Å². The molecule has 1 heterocycles. The number of carbonyl (C=O) groups excluding carboxylic acids is 2. The highest BCUT2D eigenvalue weighted by Crippen LogP contribution is 2.32. The van der Waals surface area contributed by atoms with Crippen LogP contribution in [0.25, 0.3) is 0 Å². The standard InChI is InChI=1S/C12H20N2O4S/c1-19(17,18)9-8-14-10(15)12(13-11(14)16)6-4-2-3-5-7-12/h2-9H2,1H3,(H,13,16). The molecule has 0 aromatic heterocycles. The molecule has 0 aromatic carbocycles. The van der Waals surface area contributed by atoms with Gasteiger partial charge in [-0.3, -0.25) is 9.69 Å². The van der Waals surface area contributed by atoms with Crippen molar-refractivity contribution >= 4 is 21.8 Å². The van der Waals surface area contributed by atoms with Gasteiger partial charge >= 0.3 is 6.03 Å². The number of imide groups is 1. The molecule has 3 amide bonds. The predicted octanol–water partition coefficient (Wildman–Crippen LogP) is 0.676. The Morgan fingerprint density at radius 1 is 1.16 bits per heavy atom. The van der Waals surface area contributed by atoms with Gasteiger partial charge in [0.25, 0.3) is 5.91 Å². The summed E-state index contributed by atoms with van der Waals surface area (Å²) < 4.78 is 22.3. The number of urea groups is 1. The number of sulfone groups is 1. The van der Waals surface area contributed by atoms with E-state index in [1.165, 1.54) is 0 Å². The Kier molecular flexibility index (Phi) is 3.85. The van der Waals surface area contributed by atoms with Crippen molar-refractivity contribution in [1.29, 1.82) is 0 Å². The van der Waals surface area contributed by atoms with Gasteiger partial charge in [0.05, 0.1) is 5.75 Å². The normalized spacial score (nSPS) is 23.5. The Balaban J connectivity index is 2.11. The minimum atomic E-state index is -3.18. The average molecular weight is 288 g/mol. The lowest BCUT2D eigenvalue weighted by Gasteiger charge is -2.24. The number of hydrogen-bond acceptors (Lipinski definition) is 4. The molecule has 2 aliphatic rings. The number of hydrogen-bond donors (Lipinski definition) is 1. The van der Waals surface area contributed by atoms with Crippen molar-refractivity contribution < 1.29 is 18.0 Å². The first-order valence-electron chi connectivity index (χ1n) is 6.66. The van der Waals surface area contributed by atoms with Gasteiger partial charge < -0.3 is 5.32 Å². The van der Waals surface area contributed by atoms with E-state index in [1.54, 1.807) is 0 Å². The quantitative estimate of drug-likeness (QED) is 0.774. The van der Waals surface area contributed by atoms with Gasteiger partial charge in [-0.1, -0.05) is 25.7 Å². The lowest BCUT2D eigenvalue weighted by Crippen LogP contribution is -2.46. The van der Waals surface area contributed by atoms with Crippen LogP contribution in [0.3, 0.4) is 0 Å². The molecule has 0 bridgehead atoms. The van der Waals surface area contributed by atoms with E-state index in [1.807, 2.05) is 0 Å². The summed E-state index contributed by atoms with van der Waals surface area (Å²) in [7, 11) is -3.18. The molecule has 1 N–H and O–H groups in total. The molecule has 108 valence electrons. The smallest absolute Gasteiger partial charge is 0.323 e. The molecule has 19 heavy (non-hydrogen) atoms. The number of amides is 3. The maximum Gasteiger partial charge on any atom is 0.325 e. The molecule has 0 aromatic rings. The summed E-state index contributed by atoms with van der Waals surface area (Å²) in [4.78, 5) is 25.4. The van der Waals surface area contributed by atoms with Crippen LogP contribution < -0.4 is 5.32 Å². The molecular formula is C12H20N2O4S. The Hall–Kier alpha value is -1.11. The van der Waals surface area contributed by atoms with E-state index in [0.717, 1.165) is 36.8 Å². The van der Waals surface area contributed by atoms with Gasteiger partial charge in [0.1, 0.15) is 15.4 Å². The Bertz CT molecular complexity index is 478. The fourth-order valence-electron chi connectivity index (χ4n) is 2.81. The van der Waals surface area contributed by atoms with Crippen LogP contribution >= 0.6 is 0 Å². The third-order valence-electron chi connectivity index (χ3n) is 3.89. The zero-order valence-electron chi connectivity index (χ0n) is 11.1. The average Bonchev–Trinajstić information content (AvgIpc) is 2.48. The number of nitrogens with one attached hydrogen (secondary N) is 1. The maximum atomic E-state index is 12.4. The molecule has 2 fully saturated rings. The lowest BCUT2D eigenvalue weighted by molar-refractivity contribution is -0.131. The van der Waals surface area contributed by atoms with Crippen molar-refractivity contribution in [2.75, 3.05) is 18.6 Å². The van der Waals surface area contributed by atoms with Crippen LogP contribution in [0.4, 0.5) is 4.79 Å². The van der Waals surface area contributed by atoms with Crippen LogP contribution in [0.1, 0.15) is 38.5 Å². The SMILES string of the molecule is CS(=O)(=O)CCN1C(=O)NC2(CCCCCC2)C1=O. The molecule has 1 saturated heterocycles. The van der Waals surface area contributed by atoms with E-state index in [0.29, 0.717) is 12.8 Å². The number of rotatable bonds is 3. The summed E-state index contributed by atoms with van der Waals surface area (Å²) >= 11 is 0. The van der Waals surface area contributed by atoms with Crippen molar-refractivity contribution in [2.45, 2.75) is 44.1 Å². The van der Waals surface area contributed by atoms with Gasteiger partial charge in [-0.25, -0.2) is 13.2 Å². The first-order valence-corrected chi connectivity index (χ1v) is 8.72. The zero-order valence-corrected chi connectivity index (χ0v) is 12.0. The topological polar surface area (TPSA) is 83.6 Å². The molecule has 1 saturated carbocycles. The van der Waals surface area contributed by atoms with Crippen LogP contribution in [0, 0.1) is 0 Å². The molecule has 0 radical (unpaired) electrons. The summed E-state index contributed by atoms with van der Waals surface area (Å²) in [5.41, 5.74) is -0.773. The highest BCUT2D eigenvalue weighted by atomic mass is 32.2. The monoisotopic (exact) mass is 288 g/mol. The second kappa shape index (κ2) is 5.11. The molecule has 1 aliphatic carbocycles. The van der Waals surface area contributed by atoms with Gasteiger partial charge in [-0.05, 0) is 12.8 Å². The molecule has 1 aliphatic heterocycles. The van der Waals surface area contributed by atoms with Crippen molar-refractivity contribution in [1.82, 2.24) is 10.2 Å². The lowest BCUT2D eigenvalue weighted by atomic mass is 9.90. The van der Waals surface area contributed by atoms with E-state index in [9.17, 15) is 18.0 Å². The van der Waals surface area contributed by atoms with Crippen LogP contribution in [0.2, 0.25) is 0 Å². The number of nitrogens with zero attached hydrogens (tertiary/aromatic N) is 1. The zero-order chi connectivity index (χ0) is 14.1. The van der Waals surface area contributed by atoms with Crippen LogP contribution in [-0.4, -0.2) is 49.3 Å². The Morgan fingerprint density at radius 2 is 1.74 bits per heavy atom. The fourth-order valence-corrected chi connectivity index (χ4v) is 3.32. The third-order valence-corrected chi connectivity index (χ3v) is 4.81. The van der Waals surface area contributed by atoms with Crippen molar-refractivity contribution in [3.05, 3.63) is 0 Å². The van der Waals surface area contributed by atoms with Crippen molar-refractivity contribution in [2.24, 2.45) is 0 Å². The van der Waals surface area contributed by atoms with Gasteiger partial charge in [0.15, 0.2) is 0 Å². The van der Waals surface area contributed by atoms with Gasteiger partial charge in [0.2, 0.25) is 0 Å². The minimum Gasteiger partial charge on any atom is -0.323 e. The van der Waals surface area contributed by atoms with Crippen molar-refractivity contribution in [3.8, 4) is 0 Å². The highest BCUT2D eigenvalue weighted by Gasteiger charge is 2.50. The Labute approximate surface area is 113 Å². The van der Waals surface area contributed by atoms with Crippen LogP contribution in [0.5, 0.6) is 0 Å². The van der Waals surface area contributed by atoms with Gasteiger partial charge in [0, 0.05) is 12.8 Å².